The van der Waals surface area contributed by atoms with E-state index >= 15 is 0 Å². The average molecular weight is 328 g/mol. The molecule has 1 aromatic carbocycles. The Morgan fingerprint density at radius 2 is 1.78 bits per heavy atom. The molecule has 118 valence electrons. The number of hydrogen-bond acceptors (Lipinski definition) is 4. The van der Waals surface area contributed by atoms with Gasteiger partial charge in [-0.1, -0.05) is 12.1 Å². The molecule has 0 saturated heterocycles. The second-order valence-corrected chi connectivity index (χ2v) is 6.22. The predicted molar refractivity (Wildman–Crippen MR) is 87.2 cm³/mol. The van der Waals surface area contributed by atoms with Crippen molar-refractivity contribution in [3.05, 3.63) is 57.8 Å². The topological polar surface area (TPSA) is 57.7 Å². The number of hydrogen-bond donors (Lipinski definition) is 0. The normalized spacial score (nSPS) is 13.3. The zero-order valence-corrected chi connectivity index (χ0v) is 13.5. The number of amides is 3. The van der Waals surface area contributed by atoms with Crippen molar-refractivity contribution in [2.24, 2.45) is 0 Å². The van der Waals surface area contributed by atoms with Gasteiger partial charge in [-0.15, -0.1) is 0 Å². The van der Waals surface area contributed by atoms with Gasteiger partial charge in [-0.2, -0.15) is 11.3 Å². The van der Waals surface area contributed by atoms with Crippen LogP contribution in [-0.4, -0.2) is 41.1 Å². The van der Waals surface area contributed by atoms with Gasteiger partial charge in [0.1, 0.15) is 0 Å². The van der Waals surface area contributed by atoms with E-state index in [1.165, 1.54) is 0 Å². The molecule has 0 unspecified atom stereocenters. The Balaban J connectivity index is 1.60. The second-order valence-electron chi connectivity index (χ2n) is 5.44. The molecule has 3 rings (SSSR count). The van der Waals surface area contributed by atoms with Gasteiger partial charge in [0.05, 0.1) is 11.1 Å². The van der Waals surface area contributed by atoms with Gasteiger partial charge in [0.2, 0.25) is 5.91 Å². The molecule has 1 aliphatic heterocycles. The minimum atomic E-state index is -0.320. The van der Waals surface area contributed by atoms with Gasteiger partial charge in [0.25, 0.3) is 11.8 Å². The largest absolute Gasteiger partial charge is 0.341 e. The average Bonchev–Trinajstić information content (AvgIpc) is 3.14. The molecule has 2 aromatic rings. The summed E-state index contributed by atoms with van der Waals surface area (Å²) < 4.78 is 0. The fourth-order valence-electron chi connectivity index (χ4n) is 2.59. The van der Waals surface area contributed by atoms with Gasteiger partial charge >= 0.3 is 0 Å². The lowest BCUT2D eigenvalue weighted by molar-refractivity contribution is -0.130. The number of carbonyl (C=O) groups excluding carboxylic acids is 3. The molecule has 0 fully saturated rings. The molecule has 1 aromatic heterocycles. The molecule has 0 spiro atoms. The Morgan fingerprint density at radius 3 is 2.35 bits per heavy atom. The van der Waals surface area contributed by atoms with Crippen LogP contribution in [0.3, 0.4) is 0 Å². The summed E-state index contributed by atoms with van der Waals surface area (Å²) in [4.78, 5) is 39.4. The molecule has 0 bridgehead atoms. The molecule has 0 radical (unpaired) electrons. The highest BCUT2D eigenvalue weighted by Crippen LogP contribution is 2.22. The van der Waals surface area contributed by atoms with Crippen LogP contribution in [0.1, 0.15) is 32.7 Å². The van der Waals surface area contributed by atoms with Crippen LogP contribution in [0.15, 0.2) is 41.1 Å². The van der Waals surface area contributed by atoms with Gasteiger partial charge in [-0.3, -0.25) is 19.3 Å². The third-order valence-corrected chi connectivity index (χ3v) is 4.59. The minimum Gasteiger partial charge on any atom is -0.341 e. The van der Waals surface area contributed by atoms with Gasteiger partial charge in [-0.25, -0.2) is 0 Å². The van der Waals surface area contributed by atoms with Crippen molar-refractivity contribution in [3.8, 4) is 0 Å². The van der Waals surface area contributed by atoms with Crippen molar-refractivity contribution in [1.82, 2.24) is 9.80 Å². The van der Waals surface area contributed by atoms with Crippen LogP contribution in [0, 0.1) is 0 Å². The summed E-state index contributed by atoms with van der Waals surface area (Å²) in [6.45, 7) is 0.642. The predicted octanol–water partition coefficient (Wildman–Crippen LogP) is 2.39. The Morgan fingerprint density at radius 1 is 1.13 bits per heavy atom. The summed E-state index contributed by atoms with van der Waals surface area (Å²) >= 11 is 1.59. The molecule has 0 aliphatic carbocycles. The van der Waals surface area contributed by atoms with Crippen molar-refractivity contribution < 1.29 is 14.4 Å². The molecule has 1 aliphatic rings. The van der Waals surface area contributed by atoms with E-state index in [1.54, 1.807) is 47.5 Å². The third-order valence-electron chi connectivity index (χ3n) is 3.85. The first-order valence-corrected chi connectivity index (χ1v) is 8.22. The van der Waals surface area contributed by atoms with Crippen LogP contribution >= 0.6 is 11.3 Å². The minimum absolute atomic E-state index is 0.0900. The number of benzene rings is 1. The number of carbonyl (C=O) groups is 3. The van der Waals surface area contributed by atoms with E-state index in [0.29, 0.717) is 17.7 Å². The summed E-state index contributed by atoms with van der Waals surface area (Å²) in [6, 6.07) is 8.71. The molecule has 0 N–H and O–H groups in total. The molecule has 23 heavy (non-hydrogen) atoms. The Kier molecular flexibility index (Phi) is 4.25. The van der Waals surface area contributed by atoms with Crippen LogP contribution in [0.4, 0.5) is 0 Å². The number of imide groups is 1. The SMILES string of the molecule is CN(Cc1ccsc1)C(=O)CCN1C(=O)c2ccccc2C1=O. The fraction of sp³-hybridized carbons (Fsp3) is 0.235. The monoisotopic (exact) mass is 328 g/mol. The number of thiophene rings is 1. The summed E-state index contributed by atoms with van der Waals surface area (Å²) in [5.41, 5.74) is 1.90. The Labute approximate surface area is 138 Å². The van der Waals surface area contributed by atoms with Gasteiger partial charge < -0.3 is 4.90 Å². The summed E-state index contributed by atoms with van der Waals surface area (Å²) in [6.07, 6.45) is 0.131. The first-order valence-electron chi connectivity index (χ1n) is 7.28. The maximum Gasteiger partial charge on any atom is 0.261 e. The smallest absolute Gasteiger partial charge is 0.261 e. The molecule has 2 heterocycles. The quantitative estimate of drug-likeness (QED) is 0.792. The molecule has 3 amide bonds. The second kappa shape index (κ2) is 6.34. The van der Waals surface area contributed by atoms with E-state index in [1.807, 2.05) is 16.8 Å². The Hall–Kier alpha value is -2.47. The van der Waals surface area contributed by atoms with E-state index < -0.39 is 0 Å². The highest BCUT2D eigenvalue weighted by Gasteiger charge is 2.35. The van der Waals surface area contributed by atoms with Crippen molar-refractivity contribution >= 4 is 29.1 Å². The fourth-order valence-corrected chi connectivity index (χ4v) is 3.25. The maximum atomic E-state index is 12.2. The zero-order chi connectivity index (χ0) is 16.4. The summed E-state index contributed by atoms with van der Waals surface area (Å²) in [7, 11) is 1.72. The number of fused-ring (bicyclic) bond motifs is 1. The Bertz CT molecular complexity index is 720. The lowest BCUT2D eigenvalue weighted by Gasteiger charge is -2.19. The highest BCUT2D eigenvalue weighted by molar-refractivity contribution is 7.07. The third kappa shape index (κ3) is 3.03. The summed E-state index contributed by atoms with van der Waals surface area (Å²) in [5, 5.41) is 3.96. The van der Waals surface area contributed by atoms with Crippen LogP contribution in [-0.2, 0) is 11.3 Å². The molecule has 0 atom stereocenters. The van der Waals surface area contributed by atoms with Crippen molar-refractivity contribution in [2.45, 2.75) is 13.0 Å². The van der Waals surface area contributed by atoms with E-state index in [-0.39, 0.29) is 30.7 Å². The number of rotatable bonds is 5. The van der Waals surface area contributed by atoms with E-state index in [0.717, 1.165) is 10.5 Å². The van der Waals surface area contributed by atoms with Crippen molar-refractivity contribution in [1.29, 1.82) is 0 Å². The van der Waals surface area contributed by atoms with E-state index in [4.69, 9.17) is 0 Å². The standard InChI is InChI=1S/C17H16N2O3S/c1-18(10-12-7-9-23-11-12)15(20)6-8-19-16(21)13-4-2-3-5-14(13)17(19)22/h2-5,7,9,11H,6,8,10H2,1H3. The highest BCUT2D eigenvalue weighted by atomic mass is 32.1. The van der Waals surface area contributed by atoms with Crippen LogP contribution in [0.2, 0.25) is 0 Å². The summed E-state index contributed by atoms with van der Waals surface area (Å²) in [5.74, 6) is -0.731. The van der Waals surface area contributed by atoms with E-state index in [9.17, 15) is 14.4 Å². The van der Waals surface area contributed by atoms with Gasteiger partial charge in [-0.05, 0) is 34.5 Å². The van der Waals surface area contributed by atoms with Gasteiger partial charge in [0.15, 0.2) is 0 Å². The van der Waals surface area contributed by atoms with Crippen LogP contribution < -0.4 is 0 Å². The van der Waals surface area contributed by atoms with Crippen LogP contribution in [0.25, 0.3) is 0 Å². The number of nitrogens with zero attached hydrogens (tertiary/aromatic N) is 2. The maximum absolute atomic E-state index is 12.2. The molecule has 0 saturated carbocycles. The first kappa shape index (κ1) is 15.4. The first-order chi connectivity index (χ1) is 11.1. The molecular weight excluding hydrogens is 312 g/mol. The van der Waals surface area contributed by atoms with Crippen LogP contribution in [0.5, 0.6) is 0 Å². The molecule has 6 heteroatoms. The zero-order valence-electron chi connectivity index (χ0n) is 12.7. The van der Waals surface area contributed by atoms with Crippen molar-refractivity contribution in [2.75, 3.05) is 13.6 Å². The lowest BCUT2D eigenvalue weighted by Crippen LogP contribution is -2.35. The van der Waals surface area contributed by atoms with E-state index in [2.05, 4.69) is 0 Å². The lowest BCUT2D eigenvalue weighted by atomic mass is 10.1. The van der Waals surface area contributed by atoms with Crippen molar-refractivity contribution in [3.63, 3.8) is 0 Å². The van der Waals surface area contributed by atoms with Gasteiger partial charge in [0, 0.05) is 26.6 Å². The molecular formula is C17H16N2O3S. The molecule has 5 nitrogen and oxygen atoms in total.